The highest BCUT2D eigenvalue weighted by Crippen LogP contribution is 2.50. The second-order valence-corrected chi connectivity index (χ2v) is 13.0. The molecule has 0 aliphatic carbocycles. The SMILES string of the molecule is Clc1cc(N(c2ccccc2)c2cccc3oc4ccccc4c23)c2c(c1)sc1ccc(N(c3ccccc3)c3ccccc3)cc12. The van der Waals surface area contributed by atoms with E-state index in [9.17, 15) is 0 Å². The van der Waals surface area contributed by atoms with E-state index in [0.717, 1.165) is 66.1 Å². The molecule has 0 amide bonds. The maximum absolute atomic E-state index is 6.96. The lowest BCUT2D eigenvalue weighted by molar-refractivity contribution is 0.669. The van der Waals surface area contributed by atoms with Crippen LogP contribution < -0.4 is 9.80 Å². The Labute approximate surface area is 281 Å². The maximum Gasteiger partial charge on any atom is 0.137 e. The quantitative estimate of drug-likeness (QED) is 0.180. The Morgan fingerprint density at radius 2 is 1.04 bits per heavy atom. The minimum Gasteiger partial charge on any atom is -0.456 e. The summed E-state index contributed by atoms with van der Waals surface area (Å²) in [4.78, 5) is 4.65. The zero-order valence-electron chi connectivity index (χ0n) is 25.2. The van der Waals surface area contributed by atoms with Crippen LogP contribution in [0.3, 0.4) is 0 Å². The third kappa shape index (κ3) is 4.73. The van der Waals surface area contributed by atoms with Crippen LogP contribution in [-0.4, -0.2) is 0 Å². The van der Waals surface area contributed by atoms with Gasteiger partial charge in [-0.15, -0.1) is 11.3 Å². The van der Waals surface area contributed by atoms with Crippen LogP contribution in [0.1, 0.15) is 0 Å². The molecule has 0 aliphatic rings. The minimum atomic E-state index is 0.694. The van der Waals surface area contributed by atoms with Crippen molar-refractivity contribution in [1.82, 2.24) is 0 Å². The Hall–Kier alpha value is -5.55. The Morgan fingerprint density at radius 1 is 0.426 bits per heavy atom. The van der Waals surface area contributed by atoms with Crippen molar-refractivity contribution in [2.45, 2.75) is 0 Å². The minimum absolute atomic E-state index is 0.694. The molecule has 47 heavy (non-hydrogen) atoms. The number of anilines is 6. The van der Waals surface area contributed by atoms with Gasteiger partial charge in [-0.05, 0) is 84.9 Å². The largest absolute Gasteiger partial charge is 0.456 e. The number of para-hydroxylation sites is 4. The van der Waals surface area contributed by atoms with Crippen LogP contribution in [0.25, 0.3) is 42.1 Å². The van der Waals surface area contributed by atoms with Crippen LogP contribution in [0.4, 0.5) is 34.1 Å². The van der Waals surface area contributed by atoms with Gasteiger partial charge < -0.3 is 14.2 Å². The average Bonchev–Trinajstić information content (AvgIpc) is 3.68. The molecule has 0 atom stereocenters. The van der Waals surface area contributed by atoms with Gasteiger partial charge in [0.2, 0.25) is 0 Å². The van der Waals surface area contributed by atoms with Crippen molar-refractivity contribution >= 4 is 99.2 Å². The summed E-state index contributed by atoms with van der Waals surface area (Å²) in [6.07, 6.45) is 0. The predicted octanol–water partition coefficient (Wildman–Crippen LogP) is 13.5. The number of thiophene rings is 1. The molecule has 5 heteroatoms. The molecule has 224 valence electrons. The fraction of sp³-hybridized carbons (Fsp3) is 0. The van der Waals surface area contributed by atoms with Crippen LogP contribution in [0, 0.1) is 0 Å². The first-order valence-electron chi connectivity index (χ1n) is 15.5. The monoisotopic (exact) mass is 642 g/mol. The molecule has 0 spiro atoms. The van der Waals surface area contributed by atoms with Crippen LogP contribution in [-0.2, 0) is 0 Å². The van der Waals surface area contributed by atoms with E-state index < -0.39 is 0 Å². The standard InChI is InChI=1S/C42H27ClN2OS/c43-28-25-36(45(31-17-8-3-9-18-31)35-20-12-22-38-41(35)33-19-10-11-21-37(33)46-38)42-34-27-32(23-24-39(34)47-40(42)26-28)44(29-13-4-1-5-14-29)30-15-6-2-7-16-30/h1-27H. The molecule has 3 nitrogen and oxygen atoms in total. The molecule has 0 bridgehead atoms. The van der Waals surface area contributed by atoms with Gasteiger partial charge in [-0.2, -0.15) is 0 Å². The Balaban J connectivity index is 1.34. The lowest BCUT2D eigenvalue weighted by Crippen LogP contribution is -2.11. The van der Waals surface area contributed by atoms with Gasteiger partial charge in [0.05, 0.1) is 16.8 Å². The van der Waals surface area contributed by atoms with Gasteiger partial charge in [0.25, 0.3) is 0 Å². The van der Waals surface area contributed by atoms with Gasteiger partial charge in [0.1, 0.15) is 11.2 Å². The van der Waals surface area contributed by atoms with Crippen molar-refractivity contribution in [2.24, 2.45) is 0 Å². The predicted molar refractivity (Wildman–Crippen MR) is 201 cm³/mol. The van der Waals surface area contributed by atoms with Crippen molar-refractivity contribution in [1.29, 1.82) is 0 Å². The third-order valence-corrected chi connectivity index (χ3v) is 10.00. The molecule has 2 heterocycles. The summed E-state index contributed by atoms with van der Waals surface area (Å²) in [5.74, 6) is 0. The lowest BCUT2D eigenvalue weighted by Gasteiger charge is -2.28. The molecule has 9 aromatic rings. The molecule has 0 N–H and O–H groups in total. The summed E-state index contributed by atoms with van der Waals surface area (Å²) in [6, 6.07) is 57.1. The summed E-state index contributed by atoms with van der Waals surface area (Å²) in [5.41, 5.74) is 8.10. The fourth-order valence-electron chi connectivity index (χ4n) is 6.68. The molecule has 2 aromatic heterocycles. The van der Waals surface area contributed by atoms with Crippen molar-refractivity contribution in [3.8, 4) is 0 Å². The van der Waals surface area contributed by atoms with Crippen LogP contribution >= 0.6 is 22.9 Å². The van der Waals surface area contributed by atoms with Gasteiger partial charge in [-0.25, -0.2) is 0 Å². The summed E-state index contributed by atoms with van der Waals surface area (Å²) >= 11 is 8.73. The third-order valence-electron chi connectivity index (χ3n) is 8.66. The van der Waals surface area contributed by atoms with E-state index in [0.29, 0.717) is 5.02 Å². The van der Waals surface area contributed by atoms with E-state index in [1.165, 1.54) is 10.1 Å². The molecular weight excluding hydrogens is 616 g/mol. The molecule has 0 radical (unpaired) electrons. The first-order valence-corrected chi connectivity index (χ1v) is 16.7. The van der Waals surface area contributed by atoms with Crippen molar-refractivity contribution in [2.75, 3.05) is 9.80 Å². The highest BCUT2D eigenvalue weighted by Gasteiger charge is 2.24. The van der Waals surface area contributed by atoms with Gasteiger partial charge in [0, 0.05) is 53.3 Å². The number of hydrogen-bond donors (Lipinski definition) is 0. The topological polar surface area (TPSA) is 19.6 Å². The number of halogens is 1. The molecule has 0 saturated heterocycles. The summed E-state index contributed by atoms with van der Waals surface area (Å²) in [7, 11) is 0. The first kappa shape index (κ1) is 27.7. The highest BCUT2D eigenvalue weighted by atomic mass is 35.5. The number of fused-ring (bicyclic) bond motifs is 6. The van der Waals surface area contributed by atoms with E-state index >= 15 is 0 Å². The Kier molecular flexibility index (Phi) is 6.70. The lowest BCUT2D eigenvalue weighted by atomic mass is 10.0. The summed E-state index contributed by atoms with van der Waals surface area (Å²) in [5, 5.41) is 5.18. The Morgan fingerprint density at radius 3 is 1.74 bits per heavy atom. The first-order chi connectivity index (χ1) is 23.2. The van der Waals surface area contributed by atoms with E-state index in [1.54, 1.807) is 11.3 Å². The average molecular weight is 643 g/mol. The normalized spacial score (nSPS) is 11.5. The smallest absolute Gasteiger partial charge is 0.137 e. The maximum atomic E-state index is 6.96. The van der Waals surface area contributed by atoms with Crippen molar-refractivity contribution in [3.05, 3.63) is 169 Å². The number of furan rings is 1. The molecule has 9 rings (SSSR count). The molecule has 0 unspecified atom stereocenters. The van der Waals surface area contributed by atoms with Gasteiger partial charge in [-0.3, -0.25) is 0 Å². The molecule has 7 aromatic carbocycles. The second-order valence-electron chi connectivity index (χ2n) is 11.5. The second kappa shape index (κ2) is 11.4. The number of benzene rings is 7. The summed E-state index contributed by atoms with van der Waals surface area (Å²) < 4.78 is 8.69. The number of hydrogen-bond acceptors (Lipinski definition) is 4. The molecule has 0 fully saturated rings. The highest BCUT2D eigenvalue weighted by molar-refractivity contribution is 7.26. The van der Waals surface area contributed by atoms with Crippen molar-refractivity contribution < 1.29 is 4.42 Å². The van der Waals surface area contributed by atoms with Crippen LogP contribution in [0.5, 0.6) is 0 Å². The zero-order chi connectivity index (χ0) is 31.3. The number of nitrogens with zero attached hydrogens (tertiary/aromatic N) is 2. The Bertz CT molecular complexity index is 2500. The fourth-order valence-corrected chi connectivity index (χ4v) is 8.11. The van der Waals surface area contributed by atoms with E-state index in [1.807, 2.05) is 18.2 Å². The summed E-state index contributed by atoms with van der Waals surface area (Å²) in [6.45, 7) is 0. The van der Waals surface area contributed by atoms with E-state index in [2.05, 4.69) is 155 Å². The van der Waals surface area contributed by atoms with Gasteiger partial charge in [-0.1, -0.05) is 90.5 Å². The zero-order valence-corrected chi connectivity index (χ0v) is 26.7. The number of rotatable bonds is 6. The van der Waals surface area contributed by atoms with Gasteiger partial charge in [0.15, 0.2) is 0 Å². The van der Waals surface area contributed by atoms with E-state index in [4.69, 9.17) is 16.0 Å². The molecular formula is C42H27ClN2OS. The van der Waals surface area contributed by atoms with Crippen molar-refractivity contribution in [3.63, 3.8) is 0 Å². The van der Waals surface area contributed by atoms with Gasteiger partial charge >= 0.3 is 0 Å². The molecule has 0 saturated carbocycles. The van der Waals surface area contributed by atoms with Crippen LogP contribution in [0.2, 0.25) is 5.02 Å². The van der Waals surface area contributed by atoms with Crippen LogP contribution in [0.15, 0.2) is 168 Å². The molecule has 0 aliphatic heterocycles. The van der Waals surface area contributed by atoms with E-state index in [-0.39, 0.29) is 0 Å².